The number of esters is 1. The van der Waals surface area contributed by atoms with Gasteiger partial charge in [-0.2, -0.15) is 13.2 Å². The van der Waals surface area contributed by atoms with Gasteiger partial charge in [0.2, 0.25) is 0 Å². The Hall–Kier alpha value is -0.820. The molecule has 100 valence electrons. The summed E-state index contributed by atoms with van der Waals surface area (Å²) in [7, 11) is 1.20. The first-order valence-electron chi connectivity index (χ1n) is 5.43. The first kappa shape index (κ1) is 14.2. The van der Waals surface area contributed by atoms with E-state index in [1.165, 1.54) is 12.0 Å². The fraction of sp³-hybridized carbons (Fsp3) is 0.900. The summed E-state index contributed by atoms with van der Waals surface area (Å²) in [5.41, 5.74) is 0. The van der Waals surface area contributed by atoms with Crippen LogP contribution in [-0.4, -0.2) is 54.5 Å². The lowest BCUT2D eigenvalue weighted by Gasteiger charge is -2.35. The number of methoxy groups -OCH3 is 1. The molecule has 0 aromatic heterocycles. The van der Waals surface area contributed by atoms with Gasteiger partial charge in [0.05, 0.1) is 7.11 Å². The van der Waals surface area contributed by atoms with Crippen molar-refractivity contribution in [3.8, 4) is 0 Å². The van der Waals surface area contributed by atoms with E-state index < -0.39 is 30.8 Å². The number of carbonyl (C=O) groups is 1. The molecule has 0 aliphatic carbocycles. The molecule has 0 bridgehead atoms. The molecule has 7 heteroatoms. The van der Waals surface area contributed by atoms with Crippen LogP contribution in [0.5, 0.6) is 0 Å². The summed E-state index contributed by atoms with van der Waals surface area (Å²) < 4.78 is 41.2. The third-order valence-electron chi connectivity index (χ3n) is 2.87. The van der Waals surface area contributed by atoms with Crippen LogP contribution < -0.4 is 0 Å². The molecule has 0 saturated carbocycles. The highest BCUT2D eigenvalue weighted by Gasteiger charge is 2.41. The van der Waals surface area contributed by atoms with E-state index in [2.05, 4.69) is 4.74 Å². The molecule has 1 unspecified atom stereocenters. The van der Waals surface area contributed by atoms with Crippen molar-refractivity contribution in [3.05, 3.63) is 0 Å². The summed E-state index contributed by atoms with van der Waals surface area (Å²) in [4.78, 5) is 12.7. The third kappa shape index (κ3) is 3.85. The Morgan fingerprint density at radius 3 is 2.71 bits per heavy atom. The predicted octanol–water partition coefficient (Wildman–Crippen LogP) is 0.937. The molecule has 1 heterocycles. The second-order valence-electron chi connectivity index (χ2n) is 4.09. The van der Waals surface area contributed by atoms with Gasteiger partial charge < -0.3 is 9.84 Å². The maximum absolute atomic E-state index is 12.2. The minimum absolute atomic E-state index is 0.368. The Morgan fingerprint density at radius 2 is 2.18 bits per heavy atom. The summed E-state index contributed by atoms with van der Waals surface area (Å²) in [6, 6.07) is -0.675. The molecule has 0 aromatic carbocycles. The summed E-state index contributed by atoms with van der Waals surface area (Å²) in [6.07, 6.45) is -5.11. The average Bonchev–Trinajstić information content (AvgIpc) is 2.27. The maximum atomic E-state index is 12.2. The molecule has 0 amide bonds. The predicted molar refractivity (Wildman–Crippen MR) is 53.3 cm³/mol. The number of β-amino-alcohol motifs (C(OH)–C–C–N with tert-alkyl or cyclic N) is 1. The third-order valence-corrected chi connectivity index (χ3v) is 2.87. The van der Waals surface area contributed by atoms with Gasteiger partial charge in [0.15, 0.2) is 6.10 Å². The highest BCUT2D eigenvalue weighted by atomic mass is 19.4. The second-order valence-corrected chi connectivity index (χ2v) is 4.09. The number of aliphatic hydroxyl groups excluding tert-OH is 1. The normalized spacial score (nSPS) is 24.4. The lowest BCUT2D eigenvalue weighted by molar-refractivity contribution is -0.211. The molecular weight excluding hydrogens is 239 g/mol. The molecule has 1 aliphatic heterocycles. The fourth-order valence-corrected chi connectivity index (χ4v) is 1.94. The maximum Gasteiger partial charge on any atom is 0.415 e. The molecule has 0 radical (unpaired) electrons. The number of nitrogens with zero attached hydrogens (tertiary/aromatic N) is 1. The van der Waals surface area contributed by atoms with Gasteiger partial charge in [-0.3, -0.25) is 9.69 Å². The van der Waals surface area contributed by atoms with Crippen LogP contribution in [0, 0.1) is 0 Å². The van der Waals surface area contributed by atoms with Gasteiger partial charge in [-0.15, -0.1) is 0 Å². The fourth-order valence-electron chi connectivity index (χ4n) is 1.94. The van der Waals surface area contributed by atoms with Gasteiger partial charge in [-0.05, 0) is 19.4 Å². The number of hydrogen-bond donors (Lipinski definition) is 1. The van der Waals surface area contributed by atoms with E-state index in [0.29, 0.717) is 13.0 Å². The Balaban J connectivity index is 2.63. The Morgan fingerprint density at radius 1 is 1.53 bits per heavy atom. The number of likely N-dealkylation sites (tertiary alicyclic amines) is 1. The second kappa shape index (κ2) is 5.68. The van der Waals surface area contributed by atoms with Gasteiger partial charge in [0, 0.05) is 6.54 Å². The summed E-state index contributed by atoms with van der Waals surface area (Å²) in [6.45, 7) is -0.212. The highest BCUT2D eigenvalue weighted by Crippen LogP contribution is 2.24. The van der Waals surface area contributed by atoms with Gasteiger partial charge in [0.1, 0.15) is 6.04 Å². The number of piperidine rings is 1. The van der Waals surface area contributed by atoms with E-state index in [1.807, 2.05) is 0 Å². The van der Waals surface area contributed by atoms with E-state index >= 15 is 0 Å². The van der Waals surface area contributed by atoms with Crippen molar-refractivity contribution in [2.24, 2.45) is 0 Å². The largest absolute Gasteiger partial charge is 0.468 e. The standard InChI is InChI=1S/C10H16F3NO3/c1-17-9(16)7-4-2-3-5-14(7)6-8(15)10(11,12)13/h7-8,15H,2-6H2,1H3/t7-,8?/m1/s1. The first-order chi connectivity index (χ1) is 7.86. The molecule has 17 heavy (non-hydrogen) atoms. The van der Waals surface area contributed by atoms with Crippen molar-refractivity contribution >= 4 is 5.97 Å². The lowest BCUT2D eigenvalue weighted by atomic mass is 10.0. The van der Waals surface area contributed by atoms with Crippen LogP contribution in [-0.2, 0) is 9.53 Å². The average molecular weight is 255 g/mol. The van der Waals surface area contributed by atoms with Crippen LogP contribution in [0.25, 0.3) is 0 Å². The van der Waals surface area contributed by atoms with Gasteiger partial charge in [-0.1, -0.05) is 6.42 Å². The van der Waals surface area contributed by atoms with Gasteiger partial charge in [0.25, 0.3) is 0 Å². The van der Waals surface area contributed by atoms with Crippen molar-refractivity contribution in [2.45, 2.75) is 37.6 Å². The van der Waals surface area contributed by atoms with E-state index in [1.54, 1.807) is 0 Å². The van der Waals surface area contributed by atoms with Crippen molar-refractivity contribution in [3.63, 3.8) is 0 Å². The van der Waals surface area contributed by atoms with E-state index in [9.17, 15) is 18.0 Å². The smallest absolute Gasteiger partial charge is 0.415 e. The summed E-state index contributed by atoms with van der Waals surface area (Å²) in [5, 5.41) is 8.99. The van der Waals surface area contributed by atoms with Crippen molar-refractivity contribution in [1.29, 1.82) is 0 Å². The monoisotopic (exact) mass is 255 g/mol. The number of rotatable bonds is 3. The van der Waals surface area contributed by atoms with E-state index in [-0.39, 0.29) is 0 Å². The van der Waals surface area contributed by atoms with Crippen molar-refractivity contribution in [1.82, 2.24) is 4.90 Å². The first-order valence-corrected chi connectivity index (χ1v) is 5.43. The van der Waals surface area contributed by atoms with E-state index in [0.717, 1.165) is 12.8 Å². The summed E-state index contributed by atoms with van der Waals surface area (Å²) >= 11 is 0. The van der Waals surface area contributed by atoms with Crippen LogP contribution in [0.15, 0.2) is 0 Å². The minimum atomic E-state index is -4.65. The van der Waals surface area contributed by atoms with Gasteiger partial charge >= 0.3 is 12.1 Å². The SMILES string of the molecule is COC(=O)[C@H]1CCCCN1CC(O)C(F)(F)F. The molecule has 1 aliphatic rings. The Kier molecular flexibility index (Phi) is 4.76. The minimum Gasteiger partial charge on any atom is -0.468 e. The highest BCUT2D eigenvalue weighted by molar-refractivity contribution is 5.75. The molecule has 1 saturated heterocycles. The molecule has 1 rings (SSSR count). The quantitative estimate of drug-likeness (QED) is 0.762. The number of halogens is 3. The zero-order valence-electron chi connectivity index (χ0n) is 9.54. The van der Waals surface area contributed by atoms with Crippen LogP contribution in [0.2, 0.25) is 0 Å². The zero-order valence-corrected chi connectivity index (χ0v) is 9.54. The molecule has 2 atom stereocenters. The van der Waals surface area contributed by atoms with E-state index in [4.69, 9.17) is 5.11 Å². The topological polar surface area (TPSA) is 49.8 Å². The molecule has 1 fully saturated rings. The Labute approximate surface area is 97.3 Å². The number of aliphatic hydroxyl groups is 1. The molecular formula is C10H16F3NO3. The number of hydrogen-bond acceptors (Lipinski definition) is 4. The summed E-state index contributed by atoms with van der Waals surface area (Å²) in [5.74, 6) is -0.543. The van der Waals surface area contributed by atoms with Crippen molar-refractivity contribution in [2.75, 3.05) is 20.2 Å². The lowest BCUT2D eigenvalue weighted by Crippen LogP contribution is -2.50. The van der Waals surface area contributed by atoms with Gasteiger partial charge in [-0.25, -0.2) is 0 Å². The number of alkyl halides is 3. The molecule has 0 aromatic rings. The van der Waals surface area contributed by atoms with Crippen LogP contribution in [0.3, 0.4) is 0 Å². The zero-order chi connectivity index (χ0) is 13.1. The van der Waals surface area contributed by atoms with Crippen molar-refractivity contribution < 1.29 is 27.8 Å². The van der Waals surface area contributed by atoms with Crippen LogP contribution in [0.1, 0.15) is 19.3 Å². The Bertz CT molecular complexity index is 270. The molecule has 1 N–H and O–H groups in total. The molecule has 4 nitrogen and oxygen atoms in total. The number of carbonyl (C=O) groups excluding carboxylic acids is 1. The van der Waals surface area contributed by atoms with Crippen LogP contribution in [0.4, 0.5) is 13.2 Å². The van der Waals surface area contributed by atoms with Crippen LogP contribution >= 0.6 is 0 Å². The number of ether oxygens (including phenoxy) is 1. The molecule has 0 spiro atoms.